The Morgan fingerprint density at radius 2 is 1.70 bits per heavy atom. The maximum absolute atomic E-state index is 11.5. The molecule has 0 aliphatic carbocycles. The average molecular weight is 280 g/mol. The van der Waals surface area contributed by atoms with Crippen LogP contribution < -0.4 is 15.4 Å². The lowest BCUT2D eigenvalue weighted by Gasteiger charge is -2.08. The predicted molar refractivity (Wildman–Crippen MR) is 74.4 cm³/mol. The molecule has 2 N–H and O–H groups in total. The lowest BCUT2D eigenvalue weighted by molar-refractivity contribution is -0.125. The van der Waals surface area contributed by atoms with Gasteiger partial charge in [-0.15, -0.1) is 0 Å². The van der Waals surface area contributed by atoms with Crippen LogP contribution in [-0.4, -0.2) is 45.2 Å². The highest BCUT2D eigenvalue weighted by atomic mass is 16.5. The molecule has 0 saturated carbocycles. The molecule has 20 heavy (non-hydrogen) atoms. The standard InChI is InChI=1S/C14H20N2O4/c1-19-11-14(18)16-9-8-15-13(17)7-10-20-12-5-3-2-4-6-12/h2-6H,7-11H2,1H3,(H,15,17)(H,16,18). The fourth-order valence-corrected chi connectivity index (χ4v) is 1.45. The normalized spacial score (nSPS) is 9.85. The first-order chi connectivity index (χ1) is 9.72. The molecule has 0 heterocycles. The Hall–Kier alpha value is -2.08. The number of para-hydroxylation sites is 1. The number of methoxy groups -OCH3 is 1. The van der Waals surface area contributed by atoms with Crippen LogP contribution in [0.4, 0.5) is 0 Å². The minimum absolute atomic E-state index is 0.0266. The summed E-state index contributed by atoms with van der Waals surface area (Å²) in [6, 6.07) is 9.32. The molecule has 6 nitrogen and oxygen atoms in total. The van der Waals surface area contributed by atoms with Crippen LogP contribution in [0, 0.1) is 0 Å². The average Bonchev–Trinajstić information content (AvgIpc) is 2.45. The fraction of sp³-hybridized carbons (Fsp3) is 0.429. The first-order valence-electron chi connectivity index (χ1n) is 6.42. The number of hydrogen-bond donors (Lipinski definition) is 2. The Bertz CT molecular complexity index is 409. The van der Waals surface area contributed by atoms with Crippen LogP contribution in [0.3, 0.4) is 0 Å². The van der Waals surface area contributed by atoms with Crippen LogP contribution in [0.5, 0.6) is 5.75 Å². The van der Waals surface area contributed by atoms with E-state index < -0.39 is 0 Å². The summed E-state index contributed by atoms with van der Waals surface area (Å²) in [5.74, 6) is 0.434. The van der Waals surface area contributed by atoms with Crippen molar-refractivity contribution in [2.45, 2.75) is 6.42 Å². The van der Waals surface area contributed by atoms with Gasteiger partial charge >= 0.3 is 0 Å². The topological polar surface area (TPSA) is 76.7 Å². The highest BCUT2D eigenvalue weighted by molar-refractivity contribution is 5.77. The van der Waals surface area contributed by atoms with E-state index in [2.05, 4.69) is 15.4 Å². The molecule has 0 bridgehead atoms. The van der Waals surface area contributed by atoms with Crippen molar-refractivity contribution < 1.29 is 19.1 Å². The van der Waals surface area contributed by atoms with Gasteiger partial charge in [-0.1, -0.05) is 18.2 Å². The first kappa shape index (κ1) is 16.0. The summed E-state index contributed by atoms with van der Waals surface area (Å²) >= 11 is 0. The van der Waals surface area contributed by atoms with Gasteiger partial charge in [0.25, 0.3) is 0 Å². The molecule has 0 aliphatic heterocycles. The number of carbonyl (C=O) groups is 2. The predicted octanol–water partition coefficient (Wildman–Crippen LogP) is 0.334. The summed E-state index contributed by atoms with van der Waals surface area (Å²) in [5.41, 5.74) is 0. The van der Waals surface area contributed by atoms with Crippen molar-refractivity contribution in [3.63, 3.8) is 0 Å². The zero-order valence-corrected chi connectivity index (χ0v) is 11.6. The Morgan fingerprint density at radius 1 is 1.05 bits per heavy atom. The van der Waals surface area contributed by atoms with Gasteiger partial charge in [-0.05, 0) is 12.1 Å². The highest BCUT2D eigenvalue weighted by Crippen LogP contribution is 2.08. The molecule has 0 spiro atoms. The Balaban J connectivity index is 2.02. The fourth-order valence-electron chi connectivity index (χ4n) is 1.45. The molecule has 110 valence electrons. The van der Waals surface area contributed by atoms with Gasteiger partial charge in [0.2, 0.25) is 11.8 Å². The van der Waals surface area contributed by atoms with E-state index in [4.69, 9.17) is 4.74 Å². The summed E-state index contributed by atoms with van der Waals surface area (Å²) in [6.45, 7) is 1.12. The monoisotopic (exact) mass is 280 g/mol. The van der Waals surface area contributed by atoms with E-state index in [0.29, 0.717) is 19.7 Å². The third-order valence-corrected chi connectivity index (χ3v) is 2.39. The van der Waals surface area contributed by atoms with Gasteiger partial charge in [0.1, 0.15) is 12.4 Å². The molecule has 1 aromatic carbocycles. The Morgan fingerprint density at radius 3 is 2.35 bits per heavy atom. The zero-order valence-electron chi connectivity index (χ0n) is 11.6. The third-order valence-electron chi connectivity index (χ3n) is 2.39. The number of carbonyl (C=O) groups excluding carboxylic acids is 2. The van der Waals surface area contributed by atoms with Crippen LogP contribution in [0.15, 0.2) is 30.3 Å². The number of benzene rings is 1. The molecule has 6 heteroatoms. The minimum atomic E-state index is -0.200. The Labute approximate surface area is 118 Å². The molecule has 0 aromatic heterocycles. The van der Waals surface area contributed by atoms with Crippen LogP contribution in [0.25, 0.3) is 0 Å². The molecule has 2 amide bonds. The Kier molecular flexibility index (Phi) is 7.83. The van der Waals surface area contributed by atoms with Gasteiger partial charge in [-0.25, -0.2) is 0 Å². The number of rotatable bonds is 9. The molecule has 0 atom stereocenters. The molecule has 0 saturated heterocycles. The molecular weight excluding hydrogens is 260 g/mol. The molecule has 0 fully saturated rings. The van der Waals surface area contributed by atoms with Gasteiger partial charge in [0.15, 0.2) is 0 Å². The summed E-state index contributed by atoms with van der Waals surface area (Å²) < 4.78 is 10.1. The van der Waals surface area contributed by atoms with Gasteiger partial charge < -0.3 is 20.1 Å². The SMILES string of the molecule is COCC(=O)NCCNC(=O)CCOc1ccccc1. The van der Waals surface area contributed by atoms with Crippen molar-refractivity contribution in [1.82, 2.24) is 10.6 Å². The summed E-state index contributed by atoms with van der Waals surface area (Å²) in [4.78, 5) is 22.5. The van der Waals surface area contributed by atoms with Crippen molar-refractivity contribution in [2.75, 3.05) is 33.4 Å². The molecular formula is C14H20N2O4. The van der Waals surface area contributed by atoms with Crippen molar-refractivity contribution in [1.29, 1.82) is 0 Å². The van der Waals surface area contributed by atoms with Crippen molar-refractivity contribution in [3.8, 4) is 5.75 Å². The van der Waals surface area contributed by atoms with E-state index in [0.717, 1.165) is 5.75 Å². The number of hydrogen-bond acceptors (Lipinski definition) is 4. The molecule has 0 unspecified atom stereocenters. The number of nitrogens with one attached hydrogen (secondary N) is 2. The van der Waals surface area contributed by atoms with Crippen molar-refractivity contribution in [3.05, 3.63) is 30.3 Å². The second-order valence-electron chi connectivity index (χ2n) is 4.04. The maximum Gasteiger partial charge on any atom is 0.246 e. The van der Waals surface area contributed by atoms with E-state index in [1.165, 1.54) is 7.11 Å². The lowest BCUT2D eigenvalue weighted by Crippen LogP contribution is -2.36. The van der Waals surface area contributed by atoms with E-state index in [1.807, 2.05) is 30.3 Å². The highest BCUT2D eigenvalue weighted by Gasteiger charge is 2.02. The molecule has 1 rings (SSSR count). The minimum Gasteiger partial charge on any atom is -0.493 e. The largest absolute Gasteiger partial charge is 0.493 e. The van der Waals surface area contributed by atoms with Gasteiger partial charge in [-0.2, -0.15) is 0 Å². The van der Waals surface area contributed by atoms with Crippen LogP contribution in [0.2, 0.25) is 0 Å². The number of ether oxygens (including phenoxy) is 2. The van der Waals surface area contributed by atoms with Crippen LogP contribution in [-0.2, 0) is 14.3 Å². The maximum atomic E-state index is 11.5. The summed E-state index contributed by atoms with van der Waals surface area (Å²) in [5, 5.41) is 5.30. The van der Waals surface area contributed by atoms with E-state index in [1.54, 1.807) is 0 Å². The van der Waals surface area contributed by atoms with Crippen LogP contribution in [0.1, 0.15) is 6.42 Å². The van der Waals surface area contributed by atoms with Gasteiger partial charge in [0.05, 0.1) is 13.0 Å². The van der Waals surface area contributed by atoms with E-state index in [-0.39, 0.29) is 24.8 Å². The second kappa shape index (κ2) is 9.80. The van der Waals surface area contributed by atoms with E-state index >= 15 is 0 Å². The lowest BCUT2D eigenvalue weighted by atomic mass is 10.3. The van der Waals surface area contributed by atoms with Gasteiger partial charge in [0, 0.05) is 20.2 Å². The first-order valence-corrected chi connectivity index (χ1v) is 6.42. The van der Waals surface area contributed by atoms with Crippen LogP contribution >= 0.6 is 0 Å². The quantitative estimate of drug-likeness (QED) is 0.639. The summed E-state index contributed by atoms with van der Waals surface area (Å²) in [6.07, 6.45) is 0.279. The van der Waals surface area contributed by atoms with Gasteiger partial charge in [-0.3, -0.25) is 9.59 Å². The van der Waals surface area contributed by atoms with E-state index in [9.17, 15) is 9.59 Å². The molecule has 0 aliphatic rings. The zero-order chi connectivity index (χ0) is 14.6. The van der Waals surface area contributed by atoms with Crippen molar-refractivity contribution >= 4 is 11.8 Å². The third kappa shape index (κ3) is 7.38. The molecule has 0 radical (unpaired) electrons. The smallest absolute Gasteiger partial charge is 0.246 e. The second-order valence-corrected chi connectivity index (χ2v) is 4.04. The van der Waals surface area contributed by atoms with Crippen molar-refractivity contribution in [2.24, 2.45) is 0 Å². The summed E-state index contributed by atoms with van der Waals surface area (Å²) in [7, 11) is 1.45. The molecule has 1 aromatic rings. The number of amides is 2.